The van der Waals surface area contributed by atoms with E-state index in [9.17, 15) is 9.59 Å². The van der Waals surface area contributed by atoms with E-state index in [0.29, 0.717) is 6.42 Å². The van der Waals surface area contributed by atoms with Gasteiger partial charge >= 0.3 is 5.97 Å². The van der Waals surface area contributed by atoms with E-state index in [1.165, 1.54) is 20.0 Å². The number of allylic oxidation sites excluding steroid dienone is 5. The summed E-state index contributed by atoms with van der Waals surface area (Å²) in [6.45, 7) is 13.7. The summed E-state index contributed by atoms with van der Waals surface area (Å²) in [6, 6.07) is 0. The number of rotatable bonds is 14. The fourth-order valence-corrected chi connectivity index (χ4v) is 4.86. The van der Waals surface area contributed by atoms with Crippen LogP contribution in [0.4, 0.5) is 0 Å². The van der Waals surface area contributed by atoms with Crippen molar-refractivity contribution in [3.63, 3.8) is 0 Å². The smallest absolute Gasteiger partial charge is 0.305 e. The maximum absolute atomic E-state index is 12.4. The van der Waals surface area contributed by atoms with E-state index in [1.807, 2.05) is 6.08 Å². The number of methoxy groups -OCH3 is 1. The Bertz CT molecular complexity index is 670. The molecule has 1 aliphatic carbocycles. The Balaban J connectivity index is 2.72. The van der Waals surface area contributed by atoms with Crippen LogP contribution in [0.3, 0.4) is 0 Å². The van der Waals surface area contributed by atoms with E-state index in [2.05, 4.69) is 69.8 Å². The van der Waals surface area contributed by atoms with Crippen LogP contribution in [-0.4, -0.2) is 33.3 Å². The first-order valence-corrected chi connectivity index (χ1v) is 15.2. The minimum Gasteiger partial charge on any atom is -0.469 e. The molecule has 32 heavy (non-hydrogen) atoms. The topological polar surface area (TPSA) is 52.6 Å². The molecule has 4 nitrogen and oxygen atoms in total. The molecular weight excluding hydrogens is 416 g/mol. The quantitative estimate of drug-likeness (QED) is 0.119. The molecule has 0 spiro atoms. The minimum absolute atomic E-state index is 0.0349. The molecule has 0 bridgehead atoms. The Morgan fingerprint density at radius 2 is 1.91 bits per heavy atom. The summed E-state index contributed by atoms with van der Waals surface area (Å²) >= 11 is 0. The number of hydrogen-bond acceptors (Lipinski definition) is 4. The monoisotopic (exact) mass is 462 g/mol. The molecule has 0 radical (unpaired) electrons. The summed E-state index contributed by atoms with van der Waals surface area (Å²) in [6.07, 6.45) is 19.8. The second kappa shape index (κ2) is 13.9. The number of unbranched alkanes of at least 4 members (excludes halogenated alkanes) is 3. The molecule has 0 fully saturated rings. The Morgan fingerprint density at radius 1 is 1.19 bits per heavy atom. The zero-order valence-corrected chi connectivity index (χ0v) is 22.5. The van der Waals surface area contributed by atoms with Gasteiger partial charge in [-0.1, -0.05) is 77.3 Å². The molecule has 1 aliphatic rings. The van der Waals surface area contributed by atoms with Gasteiger partial charge in [0, 0.05) is 18.3 Å². The van der Waals surface area contributed by atoms with Crippen molar-refractivity contribution in [2.24, 2.45) is 11.8 Å². The molecule has 0 saturated heterocycles. The first-order chi connectivity index (χ1) is 15.0. The Labute approximate surface area is 197 Å². The fraction of sp³-hybridized carbons (Fsp3) is 0.704. The average molecular weight is 463 g/mol. The summed E-state index contributed by atoms with van der Waals surface area (Å²) in [4.78, 5) is 23.6. The summed E-state index contributed by atoms with van der Waals surface area (Å²) in [5.41, 5.74) is 0. The number of carbonyl (C=O) groups is 2. The molecule has 0 aromatic rings. The third-order valence-electron chi connectivity index (χ3n) is 6.74. The lowest BCUT2D eigenvalue weighted by Crippen LogP contribution is -2.43. The predicted octanol–water partition coefficient (Wildman–Crippen LogP) is 7.17. The molecule has 0 aliphatic heterocycles. The normalized spacial score (nSPS) is 20.5. The van der Waals surface area contributed by atoms with Gasteiger partial charge in [-0.05, 0) is 49.9 Å². The highest BCUT2D eigenvalue weighted by atomic mass is 28.4. The molecule has 3 atom stereocenters. The molecule has 0 saturated carbocycles. The third kappa shape index (κ3) is 9.99. The minimum atomic E-state index is -1.86. The number of ether oxygens (including phenoxy) is 1. The van der Waals surface area contributed by atoms with Crippen LogP contribution in [0.25, 0.3) is 0 Å². The van der Waals surface area contributed by atoms with Gasteiger partial charge in [0.25, 0.3) is 0 Å². The molecule has 0 unspecified atom stereocenters. The Kier molecular flexibility index (Phi) is 12.4. The van der Waals surface area contributed by atoms with E-state index >= 15 is 0 Å². The highest BCUT2D eigenvalue weighted by Gasteiger charge is 2.38. The number of carbonyl (C=O) groups excluding carboxylic acids is 2. The second-order valence-electron chi connectivity index (χ2n) is 10.4. The van der Waals surface area contributed by atoms with Gasteiger partial charge in [0.2, 0.25) is 0 Å². The van der Waals surface area contributed by atoms with Gasteiger partial charge in [-0.15, -0.1) is 0 Å². The second-order valence-corrected chi connectivity index (χ2v) is 15.2. The van der Waals surface area contributed by atoms with E-state index in [4.69, 9.17) is 4.43 Å². The van der Waals surface area contributed by atoms with Gasteiger partial charge in [0.1, 0.15) is 0 Å². The van der Waals surface area contributed by atoms with Crippen LogP contribution in [0, 0.1) is 11.8 Å². The molecule has 5 heteroatoms. The van der Waals surface area contributed by atoms with E-state index < -0.39 is 8.32 Å². The molecule has 1 rings (SSSR count). The number of esters is 1. The molecule has 0 N–H and O–H groups in total. The largest absolute Gasteiger partial charge is 0.469 e. The molecule has 182 valence electrons. The summed E-state index contributed by atoms with van der Waals surface area (Å²) < 4.78 is 11.4. The molecular formula is C27H46O4Si. The lowest BCUT2D eigenvalue weighted by Gasteiger charge is -2.38. The van der Waals surface area contributed by atoms with Crippen LogP contribution >= 0.6 is 0 Å². The van der Waals surface area contributed by atoms with Crippen LogP contribution < -0.4 is 0 Å². The van der Waals surface area contributed by atoms with Gasteiger partial charge in [-0.25, -0.2) is 0 Å². The summed E-state index contributed by atoms with van der Waals surface area (Å²) in [7, 11) is -0.448. The van der Waals surface area contributed by atoms with Crippen LogP contribution in [0.15, 0.2) is 36.5 Å². The van der Waals surface area contributed by atoms with Crippen molar-refractivity contribution in [3.05, 3.63) is 36.5 Å². The zero-order chi connectivity index (χ0) is 24.2. The summed E-state index contributed by atoms with van der Waals surface area (Å²) in [5.74, 6) is 0.116. The van der Waals surface area contributed by atoms with Crippen LogP contribution in [0.5, 0.6) is 0 Å². The highest BCUT2D eigenvalue weighted by Crippen LogP contribution is 2.38. The van der Waals surface area contributed by atoms with Crippen LogP contribution in [0.1, 0.15) is 79.1 Å². The van der Waals surface area contributed by atoms with Crippen molar-refractivity contribution in [1.29, 1.82) is 0 Å². The van der Waals surface area contributed by atoms with Crippen molar-refractivity contribution in [2.75, 3.05) is 7.11 Å². The Hall–Kier alpha value is -1.46. The lowest BCUT2D eigenvalue weighted by molar-refractivity contribution is -0.140. The van der Waals surface area contributed by atoms with Crippen molar-refractivity contribution in [2.45, 2.75) is 103 Å². The lowest BCUT2D eigenvalue weighted by atomic mass is 9.90. The maximum atomic E-state index is 12.4. The van der Waals surface area contributed by atoms with Crippen molar-refractivity contribution < 1.29 is 18.8 Å². The molecule has 0 heterocycles. The molecule has 0 amide bonds. The fourth-order valence-electron chi connectivity index (χ4n) is 3.55. The van der Waals surface area contributed by atoms with E-state index in [-0.39, 0.29) is 34.7 Å². The number of ketones is 1. The average Bonchev–Trinajstić information content (AvgIpc) is 3.07. The maximum Gasteiger partial charge on any atom is 0.305 e. The third-order valence-corrected chi connectivity index (χ3v) is 11.2. The first kappa shape index (κ1) is 28.6. The molecule has 0 aromatic carbocycles. The van der Waals surface area contributed by atoms with Gasteiger partial charge in [0.15, 0.2) is 14.1 Å². The summed E-state index contributed by atoms with van der Waals surface area (Å²) in [5, 5.41) is 0.175. The standard InChI is InChI=1S/C27H46O4Si/c1-8-9-12-15-23(31-32(6,7)27(2,3)4)20-18-22-19-21-25(28)24(22)16-13-10-11-14-17-26(29)30-5/h10,13,18-24H,8-9,11-12,14-17H2,1-7H3/b13-10+,20-18+/t22-,23-,24+/m0/s1. The van der Waals surface area contributed by atoms with E-state index in [0.717, 1.165) is 32.1 Å². The first-order valence-electron chi connectivity index (χ1n) is 12.3. The zero-order valence-electron chi connectivity index (χ0n) is 21.5. The van der Waals surface area contributed by atoms with Crippen LogP contribution in [-0.2, 0) is 18.8 Å². The van der Waals surface area contributed by atoms with Gasteiger partial charge in [-0.3, -0.25) is 9.59 Å². The van der Waals surface area contributed by atoms with Gasteiger partial charge < -0.3 is 9.16 Å². The SMILES string of the molecule is CCCCC[C@@H](/C=C/[C@H]1C=CC(=O)[C@@H]1C/C=C/CCCC(=O)OC)O[Si](C)(C)C(C)(C)C. The molecule has 0 aromatic heterocycles. The van der Waals surface area contributed by atoms with Gasteiger partial charge in [-0.2, -0.15) is 0 Å². The highest BCUT2D eigenvalue weighted by molar-refractivity contribution is 6.74. The van der Waals surface area contributed by atoms with Crippen molar-refractivity contribution >= 4 is 20.1 Å². The van der Waals surface area contributed by atoms with Gasteiger partial charge in [0.05, 0.1) is 13.2 Å². The van der Waals surface area contributed by atoms with Crippen molar-refractivity contribution in [1.82, 2.24) is 0 Å². The Morgan fingerprint density at radius 3 is 2.53 bits per heavy atom. The predicted molar refractivity (Wildman–Crippen MR) is 136 cm³/mol. The number of hydrogen-bond donors (Lipinski definition) is 0. The van der Waals surface area contributed by atoms with E-state index in [1.54, 1.807) is 6.08 Å². The van der Waals surface area contributed by atoms with Crippen molar-refractivity contribution in [3.8, 4) is 0 Å². The van der Waals surface area contributed by atoms with Crippen LogP contribution in [0.2, 0.25) is 18.1 Å².